The minimum absolute atomic E-state index is 0.0518. The van der Waals surface area contributed by atoms with Crippen LogP contribution in [0.2, 0.25) is 0 Å². The third-order valence-electron chi connectivity index (χ3n) is 4.11. The predicted molar refractivity (Wildman–Crippen MR) is 84.0 cm³/mol. The lowest BCUT2D eigenvalue weighted by atomic mass is 10.0. The number of nitrogens with one attached hydrogen (secondary N) is 1. The van der Waals surface area contributed by atoms with Crippen molar-refractivity contribution in [3.63, 3.8) is 0 Å². The van der Waals surface area contributed by atoms with Gasteiger partial charge in [-0.2, -0.15) is 13.2 Å². The molecule has 1 aliphatic heterocycles. The van der Waals surface area contributed by atoms with Crippen LogP contribution in [0.4, 0.5) is 13.2 Å². The molecule has 0 bridgehead atoms. The van der Waals surface area contributed by atoms with E-state index in [-0.39, 0.29) is 18.9 Å². The molecule has 0 aliphatic carbocycles. The Balaban J connectivity index is 1.73. The summed E-state index contributed by atoms with van der Waals surface area (Å²) in [6, 6.07) is 10.8. The second kappa shape index (κ2) is 6.36. The van der Waals surface area contributed by atoms with Crippen molar-refractivity contribution in [1.82, 2.24) is 5.32 Å². The van der Waals surface area contributed by atoms with Gasteiger partial charge in [0.25, 0.3) is 0 Å². The second-order valence-corrected chi connectivity index (χ2v) is 5.85. The summed E-state index contributed by atoms with van der Waals surface area (Å²) in [6.07, 6.45) is -4.33. The second-order valence-electron chi connectivity index (χ2n) is 5.85. The Morgan fingerprint density at radius 3 is 2.29 bits per heavy atom. The molecule has 0 amide bonds. The first kappa shape index (κ1) is 16.6. The number of ether oxygens (including phenoxy) is 2. The Morgan fingerprint density at radius 1 is 0.917 bits per heavy atom. The average molecular weight is 337 g/mol. The Kier molecular flexibility index (Phi) is 4.41. The van der Waals surface area contributed by atoms with Gasteiger partial charge in [0.05, 0.1) is 5.56 Å². The summed E-state index contributed by atoms with van der Waals surface area (Å²) in [7, 11) is 0. The molecule has 2 atom stereocenters. The van der Waals surface area contributed by atoms with Gasteiger partial charge in [0, 0.05) is 12.1 Å². The molecule has 0 saturated carbocycles. The standard InChI is InChI=1S/C18H18F3NO2/c1-11(13-4-3-5-15(8-13)18(19,20)21)22-12(2)14-6-7-16-17(9-14)24-10-23-16/h3-9,11-12,22H,10H2,1-2H3. The molecule has 1 aliphatic rings. The summed E-state index contributed by atoms with van der Waals surface area (Å²) in [5.74, 6) is 1.39. The van der Waals surface area contributed by atoms with E-state index in [4.69, 9.17) is 9.47 Å². The van der Waals surface area contributed by atoms with Gasteiger partial charge in [-0.1, -0.05) is 18.2 Å². The number of benzene rings is 2. The molecule has 3 nitrogen and oxygen atoms in total. The molecule has 2 aromatic carbocycles. The Hall–Kier alpha value is -2.21. The van der Waals surface area contributed by atoms with Crippen LogP contribution in [0.5, 0.6) is 11.5 Å². The molecular formula is C18H18F3NO2. The van der Waals surface area contributed by atoms with Gasteiger partial charge in [0.15, 0.2) is 11.5 Å². The summed E-state index contributed by atoms with van der Waals surface area (Å²) >= 11 is 0. The summed E-state index contributed by atoms with van der Waals surface area (Å²) < 4.78 is 49.2. The minimum atomic E-state index is -4.33. The van der Waals surface area contributed by atoms with Crippen LogP contribution in [-0.4, -0.2) is 6.79 Å². The first-order valence-electron chi connectivity index (χ1n) is 7.67. The minimum Gasteiger partial charge on any atom is -0.454 e. The quantitative estimate of drug-likeness (QED) is 0.865. The number of halogens is 3. The van der Waals surface area contributed by atoms with Gasteiger partial charge < -0.3 is 14.8 Å². The van der Waals surface area contributed by atoms with Crippen molar-refractivity contribution in [3.8, 4) is 11.5 Å². The first-order chi connectivity index (χ1) is 11.3. The fourth-order valence-corrected chi connectivity index (χ4v) is 2.73. The van der Waals surface area contributed by atoms with Gasteiger partial charge in [-0.05, 0) is 49.2 Å². The smallest absolute Gasteiger partial charge is 0.416 e. The summed E-state index contributed by atoms with van der Waals surface area (Å²) in [5, 5.41) is 3.32. The molecule has 24 heavy (non-hydrogen) atoms. The van der Waals surface area contributed by atoms with E-state index in [0.717, 1.165) is 11.6 Å². The van der Waals surface area contributed by atoms with Crippen molar-refractivity contribution in [2.24, 2.45) is 0 Å². The highest BCUT2D eigenvalue weighted by molar-refractivity contribution is 5.45. The van der Waals surface area contributed by atoms with Gasteiger partial charge in [0.1, 0.15) is 0 Å². The maximum absolute atomic E-state index is 12.8. The Bertz CT molecular complexity index is 730. The number of rotatable bonds is 4. The molecule has 0 aromatic heterocycles. The van der Waals surface area contributed by atoms with Crippen molar-refractivity contribution < 1.29 is 22.6 Å². The number of hydrogen-bond donors (Lipinski definition) is 1. The molecular weight excluding hydrogens is 319 g/mol. The topological polar surface area (TPSA) is 30.5 Å². The van der Waals surface area contributed by atoms with E-state index in [0.29, 0.717) is 17.1 Å². The highest BCUT2D eigenvalue weighted by Gasteiger charge is 2.30. The van der Waals surface area contributed by atoms with Crippen LogP contribution in [0, 0.1) is 0 Å². The molecule has 1 heterocycles. The van der Waals surface area contributed by atoms with Crippen molar-refractivity contribution in [2.45, 2.75) is 32.1 Å². The SMILES string of the molecule is CC(NC(C)c1ccc2c(c1)OCO2)c1cccc(C(F)(F)F)c1. The summed E-state index contributed by atoms with van der Waals surface area (Å²) in [6.45, 7) is 4.02. The molecule has 6 heteroatoms. The number of hydrogen-bond acceptors (Lipinski definition) is 3. The zero-order valence-electron chi connectivity index (χ0n) is 13.4. The van der Waals surface area contributed by atoms with Gasteiger partial charge >= 0.3 is 6.18 Å². The van der Waals surface area contributed by atoms with E-state index in [1.807, 2.05) is 32.0 Å². The van der Waals surface area contributed by atoms with Crippen LogP contribution in [0.15, 0.2) is 42.5 Å². The number of fused-ring (bicyclic) bond motifs is 1. The largest absolute Gasteiger partial charge is 0.454 e. The van der Waals surface area contributed by atoms with Crippen molar-refractivity contribution in [1.29, 1.82) is 0 Å². The molecule has 0 spiro atoms. The fourth-order valence-electron chi connectivity index (χ4n) is 2.73. The normalized spacial score (nSPS) is 16.0. The lowest BCUT2D eigenvalue weighted by molar-refractivity contribution is -0.137. The third-order valence-corrected chi connectivity index (χ3v) is 4.11. The van der Waals surface area contributed by atoms with Gasteiger partial charge in [-0.3, -0.25) is 0 Å². The van der Waals surface area contributed by atoms with Gasteiger partial charge in [-0.25, -0.2) is 0 Å². The molecule has 2 aromatic rings. The lowest BCUT2D eigenvalue weighted by Gasteiger charge is -2.22. The van der Waals surface area contributed by atoms with Crippen LogP contribution >= 0.6 is 0 Å². The van der Waals surface area contributed by atoms with Crippen molar-refractivity contribution in [2.75, 3.05) is 6.79 Å². The highest BCUT2D eigenvalue weighted by atomic mass is 19.4. The molecule has 0 saturated heterocycles. The molecule has 0 radical (unpaired) electrons. The summed E-state index contributed by atoms with van der Waals surface area (Å²) in [4.78, 5) is 0. The van der Waals surface area contributed by atoms with Crippen LogP contribution < -0.4 is 14.8 Å². The van der Waals surface area contributed by atoms with Crippen LogP contribution in [0.25, 0.3) is 0 Å². The molecule has 1 N–H and O–H groups in total. The molecule has 128 valence electrons. The Morgan fingerprint density at radius 2 is 1.58 bits per heavy atom. The number of alkyl halides is 3. The van der Waals surface area contributed by atoms with E-state index in [2.05, 4.69) is 5.32 Å². The predicted octanol–water partition coefficient (Wildman–Crippen LogP) is 4.85. The van der Waals surface area contributed by atoms with Crippen molar-refractivity contribution >= 4 is 0 Å². The maximum atomic E-state index is 12.8. The fraction of sp³-hybridized carbons (Fsp3) is 0.333. The van der Waals surface area contributed by atoms with Gasteiger partial charge in [0.2, 0.25) is 6.79 Å². The Labute approximate surface area is 138 Å². The third kappa shape index (κ3) is 3.48. The van der Waals surface area contributed by atoms with E-state index in [9.17, 15) is 13.2 Å². The monoisotopic (exact) mass is 337 g/mol. The summed E-state index contributed by atoms with van der Waals surface area (Å²) in [5.41, 5.74) is 0.944. The van der Waals surface area contributed by atoms with Crippen LogP contribution in [0.1, 0.15) is 42.6 Å². The lowest BCUT2D eigenvalue weighted by Crippen LogP contribution is -2.22. The average Bonchev–Trinajstić information content (AvgIpc) is 3.01. The van der Waals surface area contributed by atoms with Crippen LogP contribution in [0.3, 0.4) is 0 Å². The first-order valence-corrected chi connectivity index (χ1v) is 7.67. The molecule has 0 fully saturated rings. The van der Waals surface area contributed by atoms with Crippen molar-refractivity contribution in [3.05, 3.63) is 59.2 Å². The highest BCUT2D eigenvalue weighted by Crippen LogP contribution is 2.35. The van der Waals surface area contributed by atoms with E-state index >= 15 is 0 Å². The molecule has 3 rings (SSSR count). The van der Waals surface area contributed by atoms with E-state index in [1.165, 1.54) is 12.1 Å². The molecule has 2 unspecified atom stereocenters. The van der Waals surface area contributed by atoms with E-state index < -0.39 is 11.7 Å². The van der Waals surface area contributed by atoms with Gasteiger partial charge in [-0.15, -0.1) is 0 Å². The zero-order chi connectivity index (χ0) is 17.3. The van der Waals surface area contributed by atoms with E-state index in [1.54, 1.807) is 6.07 Å². The maximum Gasteiger partial charge on any atom is 0.416 e. The zero-order valence-corrected chi connectivity index (χ0v) is 13.4. The van der Waals surface area contributed by atoms with Crippen LogP contribution in [-0.2, 0) is 6.18 Å².